The second-order valence-corrected chi connectivity index (χ2v) is 4.51. The van der Waals surface area contributed by atoms with E-state index in [9.17, 15) is 4.79 Å². The highest BCUT2D eigenvalue weighted by molar-refractivity contribution is 7.18. The van der Waals surface area contributed by atoms with Gasteiger partial charge < -0.3 is 5.32 Å². The Morgan fingerprint density at radius 3 is 2.93 bits per heavy atom. The summed E-state index contributed by atoms with van der Waals surface area (Å²) in [4.78, 5) is 15.6. The molecule has 15 heavy (non-hydrogen) atoms. The van der Waals surface area contributed by atoms with Gasteiger partial charge in [-0.3, -0.25) is 4.79 Å². The number of pyridine rings is 1. The number of nitrogens with one attached hydrogen (secondary N) is 1. The first-order chi connectivity index (χ1) is 7.13. The molecule has 0 saturated carbocycles. The van der Waals surface area contributed by atoms with E-state index in [1.165, 1.54) is 11.3 Å². The standard InChI is InChI=1S/C9H6Cl2N2OS/c1-12-9(14)4-3-15-8-5(10)2-6(11)13-7(4)8/h2-3H,1H3,(H,12,14). The fourth-order valence-electron chi connectivity index (χ4n) is 1.24. The van der Waals surface area contributed by atoms with Crippen molar-refractivity contribution in [1.29, 1.82) is 0 Å². The van der Waals surface area contributed by atoms with Gasteiger partial charge in [-0.1, -0.05) is 23.2 Å². The van der Waals surface area contributed by atoms with E-state index in [1.807, 2.05) is 0 Å². The third kappa shape index (κ3) is 1.80. The van der Waals surface area contributed by atoms with Crippen molar-refractivity contribution >= 4 is 50.7 Å². The summed E-state index contributed by atoms with van der Waals surface area (Å²) in [5.74, 6) is -0.188. The number of amides is 1. The highest BCUT2D eigenvalue weighted by atomic mass is 35.5. The van der Waals surface area contributed by atoms with Crippen molar-refractivity contribution in [3.05, 3.63) is 27.2 Å². The van der Waals surface area contributed by atoms with Gasteiger partial charge in [-0.15, -0.1) is 11.3 Å². The summed E-state index contributed by atoms with van der Waals surface area (Å²) in [7, 11) is 1.57. The summed E-state index contributed by atoms with van der Waals surface area (Å²) in [5.41, 5.74) is 1.05. The molecule has 0 aromatic carbocycles. The molecule has 0 aliphatic carbocycles. The average molecular weight is 261 g/mol. The SMILES string of the molecule is CNC(=O)c1csc2c(Cl)cc(Cl)nc12. The van der Waals surface area contributed by atoms with Crippen molar-refractivity contribution in [2.45, 2.75) is 0 Å². The molecule has 78 valence electrons. The number of hydrogen-bond donors (Lipinski definition) is 1. The summed E-state index contributed by atoms with van der Waals surface area (Å²) < 4.78 is 0.777. The lowest BCUT2D eigenvalue weighted by Gasteiger charge is -1.98. The minimum atomic E-state index is -0.188. The van der Waals surface area contributed by atoms with Crippen LogP contribution in [-0.4, -0.2) is 17.9 Å². The van der Waals surface area contributed by atoms with Crippen LogP contribution < -0.4 is 5.32 Å². The second kappa shape index (κ2) is 3.96. The van der Waals surface area contributed by atoms with Gasteiger partial charge in [-0.2, -0.15) is 0 Å². The van der Waals surface area contributed by atoms with Crippen molar-refractivity contribution in [3.8, 4) is 0 Å². The molecule has 1 amide bonds. The van der Waals surface area contributed by atoms with Crippen LogP contribution in [0.2, 0.25) is 10.2 Å². The molecule has 3 nitrogen and oxygen atoms in total. The lowest BCUT2D eigenvalue weighted by atomic mass is 10.2. The van der Waals surface area contributed by atoms with Gasteiger partial charge in [-0.25, -0.2) is 4.98 Å². The van der Waals surface area contributed by atoms with Gasteiger partial charge >= 0.3 is 0 Å². The van der Waals surface area contributed by atoms with Crippen LogP contribution in [0, 0.1) is 0 Å². The molecule has 2 heterocycles. The van der Waals surface area contributed by atoms with Crippen molar-refractivity contribution < 1.29 is 4.79 Å². The first-order valence-electron chi connectivity index (χ1n) is 4.09. The summed E-state index contributed by atoms with van der Waals surface area (Å²) in [6, 6.07) is 1.57. The molecular formula is C9H6Cl2N2OS. The molecule has 0 saturated heterocycles. The fraction of sp³-hybridized carbons (Fsp3) is 0.111. The largest absolute Gasteiger partial charge is 0.355 e. The zero-order chi connectivity index (χ0) is 11.0. The molecule has 2 aromatic heterocycles. The minimum absolute atomic E-state index is 0.188. The molecule has 0 aliphatic heterocycles. The number of hydrogen-bond acceptors (Lipinski definition) is 3. The number of thiophene rings is 1. The van der Waals surface area contributed by atoms with E-state index in [2.05, 4.69) is 10.3 Å². The van der Waals surface area contributed by atoms with Crippen molar-refractivity contribution in [3.63, 3.8) is 0 Å². The van der Waals surface area contributed by atoms with Crippen LogP contribution >= 0.6 is 34.5 Å². The number of fused-ring (bicyclic) bond motifs is 1. The predicted octanol–water partition coefficient (Wildman–Crippen LogP) is 2.96. The van der Waals surface area contributed by atoms with Gasteiger partial charge in [0.1, 0.15) is 5.15 Å². The molecule has 1 N–H and O–H groups in total. The van der Waals surface area contributed by atoms with Gasteiger partial charge in [0, 0.05) is 12.4 Å². The Kier molecular flexibility index (Phi) is 2.82. The van der Waals surface area contributed by atoms with Crippen LogP contribution in [0.4, 0.5) is 0 Å². The topological polar surface area (TPSA) is 42.0 Å². The maximum Gasteiger partial charge on any atom is 0.254 e. The molecule has 0 atom stereocenters. The maximum absolute atomic E-state index is 11.5. The second-order valence-electron chi connectivity index (χ2n) is 2.83. The van der Waals surface area contributed by atoms with E-state index in [0.717, 1.165) is 4.70 Å². The zero-order valence-corrected chi connectivity index (χ0v) is 10.0. The summed E-state index contributed by atoms with van der Waals surface area (Å²) in [6.45, 7) is 0. The smallest absolute Gasteiger partial charge is 0.254 e. The van der Waals surface area contributed by atoms with E-state index < -0.39 is 0 Å². The van der Waals surface area contributed by atoms with E-state index in [-0.39, 0.29) is 11.1 Å². The van der Waals surface area contributed by atoms with E-state index >= 15 is 0 Å². The Hall–Kier alpha value is -0.840. The number of nitrogens with zero attached hydrogens (tertiary/aromatic N) is 1. The molecule has 0 unspecified atom stereocenters. The Morgan fingerprint density at radius 2 is 2.27 bits per heavy atom. The predicted molar refractivity (Wildman–Crippen MR) is 63.0 cm³/mol. The Labute approximate surface area is 100 Å². The van der Waals surface area contributed by atoms with Crippen molar-refractivity contribution in [2.24, 2.45) is 0 Å². The maximum atomic E-state index is 11.5. The number of halogens is 2. The summed E-state index contributed by atoms with van der Waals surface area (Å²) in [5, 5.41) is 5.07. The molecule has 6 heteroatoms. The molecule has 0 bridgehead atoms. The minimum Gasteiger partial charge on any atom is -0.355 e. The first-order valence-corrected chi connectivity index (χ1v) is 5.72. The molecule has 2 rings (SSSR count). The lowest BCUT2D eigenvalue weighted by molar-refractivity contribution is 0.0965. The molecular weight excluding hydrogens is 255 g/mol. The molecule has 0 fully saturated rings. The van der Waals surface area contributed by atoms with Gasteiger partial charge in [0.2, 0.25) is 0 Å². The number of rotatable bonds is 1. The average Bonchev–Trinajstić information content (AvgIpc) is 2.60. The van der Waals surface area contributed by atoms with Crippen LogP contribution in [0.1, 0.15) is 10.4 Å². The van der Waals surface area contributed by atoms with Crippen molar-refractivity contribution in [1.82, 2.24) is 10.3 Å². The molecule has 0 spiro atoms. The summed E-state index contributed by atoms with van der Waals surface area (Å²) >= 11 is 13.1. The van der Waals surface area contributed by atoms with Gasteiger partial charge in [0.15, 0.2) is 0 Å². The third-order valence-corrected chi connectivity index (χ3v) is 3.52. The fourth-order valence-corrected chi connectivity index (χ4v) is 2.71. The number of carbonyl (C=O) groups excluding carboxylic acids is 1. The van der Waals surface area contributed by atoms with E-state index in [4.69, 9.17) is 23.2 Å². The Balaban J connectivity index is 2.74. The van der Waals surface area contributed by atoms with Crippen molar-refractivity contribution in [2.75, 3.05) is 7.05 Å². The Morgan fingerprint density at radius 1 is 1.53 bits per heavy atom. The van der Waals surface area contributed by atoms with Crippen LogP contribution in [0.3, 0.4) is 0 Å². The first kappa shape index (κ1) is 10.7. The highest BCUT2D eigenvalue weighted by Gasteiger charge is 2.14. The normalized spacial score (nSPS) is 10.6. The molecule has 2 aromatic rings. The number of carbonyl (C=O) groups is 1. The number of aromatic nitrogens is 1. The van der Waals surface area contributed by atoms with E-state index in [1.54, 1.807) is 18.5 Å². The van der Waals surface area contributed by atoms with Crippen LogP contribution in [0.15, 0.2) is 11.4 Å². The van der Waals surface area contributed by atoms with Gasteiger partial charge in [0.05, 0.1) is 20.8 Å². The highest BCUT2D eigenvalue weighted by Crippen LogP contribution is 2.32. The lowest BCUT2D eigenvalue weighted by Crippen LogP contribution is -2.17. The van der Waals surface area contributed by atoms with E-state index in [0.29, 0.717) is 16.1 Å². The van der Waals surface area contributed by atoms with Crippen LogP contribution in [-0.2, 0) is 0 Å². The molecule has 0 radical (unpaired) electrons. The van der Waals surface area contributed by atoms with Gasteiger partial charge in [0.25, 0.3) is 5.91 Å². The Bertz CT molecular complexity index is 538. The molecule has 0 aliphatic rings. The summed E-state index contributed by atoms with van der Waals surface area (Å²) in [6.07, 6.45) is 0. The monoisotopic (exact) mass is 260 g/mol. The van der Waals surface area contributed by atoms with Gasteiger partial charge in [-0.05, 0) is 6.07 Å². The quantitative estimate of drug-likeness (QED) is 0.802. The zero-order valence-electron chi connectivity index (χ0n) is 7.67. The van der Waals surface area contributed by atoms with Crippen LogP contribution in [0.25, 0.3) is 10.2 Å². The third-order valence-electron chi connectivity index (χ3n) is 1.92. The van der Waals surface area contributed by atoms with Crippen LogP contribution in [0.5, 0.6) is 0 Å².